The third-order valence-electron chi connectivity index (χ3n) is 3.77. The third-order valence-corrected chi connectivity index (χ3v) is 3.77. The van der Waals surface area contributed by atoms with Crippen LogP contribution in [0.25, 0.3) is 0 Å². The number of aliphatic hydroxyl groups excluding tert-OH is 4. The fourth-order valence-electron chi connectivity index (χ4n) is 2.14. The van der Waals surface area contributed by atoms with Gasteiger partial charge in [0, 0.05) is 39.3 Å². The van der Waals surface area contributed by atoms with Crippen molar-refractivity contribution >= 4 is 23.6 Å². The summed E-state index contributed by atoms with van der Waals surface area (Å²) in [5, 5.41) is 38.5. The molecule has 0 heterocycles. The normalized spacial score (nSPS) is 15.8. The first-order valence-electron chi connectivity index (χ1n) is 8.19. The summed E-state index contributed by atoms with van der Waals surface area (Å²) in [4.78, 5) is 46.7. The van der Waals surface area contributed by atoms with Crippen molar-refractivity contribution in [2.24, 2.45) is 22.9 Å². The van der Waals surface area contributed by atoms with Crippen molar-refractivity contribution in [3.63, 3.8) is 0 Å². The van der Waals surface area contributed by atoms with Crippen molar-refractivity contribution in [3.8, 4) is 0 Å². The second kappa shape index (κ2) is 12.2. The van der Waals surface area contributed by atoms with E-state index < -0.39 is 48.0 Å². The van der Waals surface area contributed by atoms with Gasteiger partial charge in [0.05, 0.1) is 0 Å². The molecule has 12 N–H and O–H groups in total. The van der Waals surface area contributed by atoms with Gasteiger partial charge in [-0.3, -0.25) is 29.0 Å². The van der Waals surface area contributed by atoms with Crippen LogP contribution >= 0.6 is 0 Å². The first-order valence-corrected chi connectivity index (χ1v) is 8.19. The average Bonchev–Trinajstić information content (AvgIpc) is 2.58. The van der Waals surface area contributed by atoms with Gasteiger partial charge >= 0.3 is 0 Å². The molecule has 0 saturated heterocycles. The van der Waals surface area contributed by atoms with Gasteiger partial charge in [0.1, 0.15) is 24.4 Å². The van der Waals surface area contributed by atoms with E-state index in [2.05, 4.69) is 0 Å². The zero-order valence-electron chi connectivity index (χ0n) is 15.2. The van der Waals surface area contributed by atoms with E-state index in [0.29, 0.717) is 0 Å². The monoisotopic (exact) mass is 408 g/mol. The number of nitrogens with two attached hydrogens (primary N) is 4. The van der Waals surface area contributed by atoms with E-state index >= 15 is 0 Å². The van der Waals surface area contributed by atoms with Crippen LogP contribution in [-0.2, 0) is 19.2 Å². The topological polar surface area (TPSA) is 260 Å². The number of primary amides is 4. The van der Waals surface area contributed by atoms with E-state index in [-0.39, 0.29) is 39.3 Å². The van der Waals surface area contributed by atoms with Gasteiger partial charge in [-0.05, 0) is 0 Å². The van der Waals surface area contributed by atoms with Gasteiger partial charge < -0.3 is 43.4 Å². The molecular formula is C14H28N6O8. The fraction of sp³-hybridized carbons (Fsp3) is 0.714. The van der Waals surface area contributed by atoms with Crippen LogP contribution in [0.3, 0.4) is 0 Å². The number of carbonyl (C=O) groups is 4. The second-order valence-electron chi connectivity index (χ2n) is 6.19. The summed E-state index contributed by atoms with van der Waals surface area (Å²) in [6.07, 6.45) is -6.44. The summed E-state index contributed by atoms with van der Waals surface area (Å²) in [6.45, 7) is -1.53. The third kappa shape index (κ3) is 10.1. The summed E-state index contributed by atoms with van der Waals surface area (Å²) in [6, 6.07) is 0. The molecule has 0 rings (SSSR count). The molecule has 0 aromatic carbocycles. The van der Waals surface area contributed by atoms with Gasteiger partial charge in [0.2, 0.25) is 23.6 Å². The molecule has 0 fully saturated rings. The maximum Gasteiger partial charge on any atom is 0.247 e. The Labute approximate surface area is 160 Å². The summed E-state index contributed by atoms with van der Waals surface area (Å²) in [7, 11) is 0. The first kappa shape index (κ1) is 25.6. The maximum atomic E-state index is 11.0. The molecule has 28 heavy (non-hydrogen) atoms. The van der Waals surface area contributed by atoms with E-state index in [4.69, 9.17) is 22.9 Å². The van der Waals surface area contributed by atoms with Crippen molar-refractivity contribution in [3.05, 3.63) is 0 Å². The van der Waals surface area contributed by atoms with Crippen molar-refractivity contribution < 1.29 is 39.6 Å². The van der Waals surface area contributed by atoms with Gasteiger partial charge in [0.15, 0.2) is 0 Å². The molecule has 162 valence electrons. The molecule has 0 aromatic heterocycles. The Balaban J connectivity index is 5.16. The molecule has 4 unspecified atom stereocenters. The van der Waals surface area contributed by atoms with Gasteiger partial charge in [0.25, 0.3) is 0 Å². The highest BCUT2D eigenvalue weighted by Gasteiger charge is 2.25. The molecule has 14 heteroatoms. The average molecular weight is 408 g/mol. The van der Waals surface area contributed by atoms with Crippen molar-refractivity contribution in [2.45, 2.75) is 24.4 Å². The fourth-order valence-corrected chi connectivity index (χ4v) is 2.14. The van der Waals surface area contributed by atoms with Crippen LogP contribution in [0, 0.1) is 0 Å². The number of rotatable bonds is 15. The lowest BCUT2D eigenvalue weighted by Crippen LogP contribution is -2.51. The Kier molecular flexibility index (Phi) is 11.1. The van der Waals surface area contributed by atoms with Gasteiger partial charge in [-0.25, -0.2) is 0 Å². The maximum absolute atomic E-state index is 11.0. The van der Waals surface area contributed by atoms with Gasteiger partial charge in [-0.15, -0.1) is 0 Å². The molecule has 0 aliphatic carbocycles. The number of hydrogen-bond acceptors (Lipinski definition) is 10. The SMILES string of the molecule is NC(=O)C(O)CN(CCN(CC(O)C(N)=O)CC(O)C(N)=O)CC(O)C(N)=O. The molecule has 0 spiro atoms. The molecule has 0 bridgehead atoms. The number of nitrogens with zero attached hydrogens (tertiary/aromatic N) is 2. The van der Waals surface area contributed by atoms with E-state index in [1.54, 1.807) is 0 Å². The number of aliphatic hydroxyl groups is 4. The summed E-state index contributed by atoms with van der Waals surface area (Å²) < 4.78 is 0. The first-order chi connectivity index (χ1) is 12.8. The van der Waals surface area contributed by atoms with E-state index in [9.17, 15) is 39.6 Å². The van der Waals surface area contributed by atoms with Crippen molar-refractivity contribution in [2.75, 3.05) is 39.3 Å². The van der Waals surface area contributed by atoms with Crippen molar-refractivity contribution in [1.29, 1.82) is 0 Å². The predicted octanol–water partition coefficient (Wildman–Crippen LogP) is -7.02. The van der Waals surface area contributed by atoms with Crippen LogP contribution in [0.1, 0.15) is 0 Å². The molecule has 4 atom stereocenters. The minimum atomic E-state index is -1.61. The highest BCUT2D eigenvalue weighted by molar-refractivity contribution is 5.80. The zero-order chi connectivity index (χ0) is 22.0. The summed E-state index contributed by atoms with van der Waals surface area (Å²) >= 11 is 0. The van der Waals surface area contributed by atoms with E-state index in [1.165, 1.54) is 9.80 Å². The number of amides is 4. The Morgan fingerprint density at radius 1 is 0.536 bits per heavy atom. The van der Waals surface area contributed by atoms with Crippen LogP contribution in [0.2, 0.25) is 0 Å². The minimum Gasteiger partial charge on any atom is -0.382 e. The van der Waals surface area contributed by atoms with Crippen LogP contribution in [0.15, 0.2) is 0 Å². The molecule has 0 aromatic rings. The molecule has 0 saturated carbocycles. The molecule has 4 amide bonds. The molecule has 0 aliphatic heterocycles. The lowest BCUT2D eigenvalue weighted by molar-refractivity contribution is -0.131. The minimum absolute atomic E-state index is 0.0500. The quantitative estimate of drug-likeness (QED) is 0.127. The second-order valence-corrected chi connectivity index (χ2v) is 6.19. The molecule has 14 nitrogen and oxygen atoms in total. The van der Waals surface area contributed by atoms with Crippen LogP contribution in [0.4, 0.5) is 0 Å². The van der Waals surface area contributed by atoms with Crippen LogP contribution in [-0.4, -0.2) is 118 Å². The molecule has 0 aliphatic rings. The molecule has 0 radical (unpaired) electrons. The summed E-state index contributed by atoms with van der Waals surface area (Å²) in [5.41, 5.74) is 19.9. The van der Waals surface area contributed by atoms with Gasteiger partial charge in [-0.2, -0.15) is 0 Å². The number of carbonyl (C=O) groups excluding carboxylic acids is 4. The lowest BCUT2D eigenvalue weighted by atomic mass is 10.2. The Morgan fingerprint density at radius 2 is 0.714 bits per heavy atom. The zero-order valence-corrected chi connectivity index (χ0v) is 15.2. The van der Waals surface area contributed by atoms with E-state index in [1.807, 2.05) is 0 Å². The molecular weight excluding hydrogens is 380 g/mol. The Morgan fingerprint density at radius 3 is 0.857 bits per heavy atom. The smallest absolute Gasteiger partial charge is 0.247 e. The van der Waals surface area contributed by atoms with Crippen LogP contribution in [0.5, 0.6) is 0 Å². The Bertz CT molecular complexity index is 470. The number of hydrogen-bond donors (Lipinski definition) is 8. The highest BCUT2D eigenvalue weighted by atomic mass is 16.3. The predicted molar refractivity (Wildman–Crippen MR) is 93.7 cm³/mol. The van der Waals surface area contributed by atoms with Crippen molar-refractivity contribution in [1.82, 2.24) is 9.80 Å². The van der Waals surface area contributed by atoms with Gasteiger partial charge in [-0.1, -0.05) is 0 Å². The lowest BCUT2D eigenvalue weighted by Gasteiger charge is -2.30. The largest absolute Gasteiger partial charge is 0.382 e. The van der Waals surface area contributed by atoms with E-state index in [0.717, 1.165) is 0 Å². The highest BCUT2D eigenvalue weighted by Crippen LogP contribution is 2.01. The Hall–Kier alpha value is -2.36. The summed E-state index contributed by atoms with van der Waals surface area (Å²) in [5.74, 6) is -4.15. The standard InChI is InChI=1S/C14H28N6O8/c15-11(25)7(21)3-19(4-8(22)12(16)26)1-2-20(5-9(23)13(17)27)6-10(24)14(18)28/h7-10,21-24H,1-6H2,(H2,15,25)(H2,16,26)(H2,17,27)(H2,18,28). The van der Waals surface area contributed by atoms with Crippen LogP contribution < -0.4 is 22.9 Å².